The Kier molecular flexibility index (Phi) is 6.27. The number of rotatable bonds is 7. The van der Waals surface area contributed by atoms with Gasteiger partial charge in [-0.1, -0.05) is 36.4 Å². The van der Waals surface area contributed by atoms with Gasteiger partial charge in [-0.2, -0.15) is 0 Å². The summed E-state index contributed by atoms with van der Waals surface area (Å²) in [5, 5.41) is 4.71. The first-order chi connectivity index (χ1) is 13.1. The molecule has 2 aromatic heterocycles. The van der Waals surface area contributed by atoms with Gasteiger partial charge in [0.25, 0.3) is 5.91 Å². The number of thiazole rings is 1. The molecule has 0 radical (unpaired) electrons. The molecule has 0 unspecified atom stereocenters. The van der Waals surface area contributed by atoms with Gasteiger partial charge < -0.3 is 10.2 Å². The smallest absolute Gasteiger partial charge is 0.273 e. The first kappa shape index (κ1) is 18.7. The number of amides is 2. The molecule has 0 aliphatic heterocycles. The number of nitrogens with one attached hydrogen (secondary N) is 1. The maximum atomic E-state index is 13.0. The Morgan fingerprint density at radius 2 is 1.89 bits per heavy atom. The highest BCUT2D eigenvalue weighted by Gasteiger charge is 2.19. The summed E-state index contributed by atoms with van der Waals surface area (Å²) in [6.07, 6.45) is 4.21. The van der Waals surface area contributed by atoms with Gasteiger partial charge in [0.2, 0.25) is 5.91 Å². The molecule has 0 aliphatic rings. The lowest BCUT2D eigenvalue weighted by molar-refractivity contribution is -0.114. The van der Waals surface area contributed by atoms with E-state index in [0.29, 0.717) is 23.9 Å². The van der Waals surface area contributed by atoms with Gasteiger partial charge in [0, 0.05) is 37.8 Å². The lowest BCUT2D eigenvalue weighted by Crippen LogP contribution is -2.32. The van der Waals surface area contributed by atoms with Gasteiger partial charge in [0.15, 0.2) is 5.13 Å². The number of carbonyl (C=O) groups is 2. The van der Waals surface area contributed by atoms with Crippen LogP contribution in [0, 0.1) is 0 Å². The Labute approximate surface area is 161 Å². The standard InChI is InChI=1S/C20H20N4O2S/c1-15(25)22-20-23-18(14-27-20)19(26)24(13-17-8-5-10-21-12-17)11-9-16-6-3-2-4-7-16/h2-8,10,12,14H,9,11,13H2,1H3,(H,22,23,25). The number of aromatic nitrogens is 2. The molecule has 0 saturated carbocycles. The molecule has 27 heavy (non-hydrogen) atoms. The number of hydrogen-bond donors (Lipinski definition) is 1. The summed E-state index contributed by atoms with van der Waals surface area (Å²) < 4.78 is 0. The monoisotopic (exact) mass is 380 g/mol. The number of carbonyl (C=O) groups excluding carboxylic acids is 2. The SMILES string of the molecule is CC(=O)Nc1nc(C(=O)N(CCc2ccccc2)Cc2cccnc2)cs1. The third-order valence-electron chi connectivity index (χ3n) is 3.90. The van der Waals surface area contributed by atoms with Crippen molar-refractivity contribution in [2.24, 2.45) is 0 Å². The van der Waals surface area contributed by atoms with Gasteiger partial charge >= 0.3 is 0 Å². The molecule has 0 saturated heterocycles. The fourth-order valence-corrected chi connectivity index (χ4v) is 3.35. The molecular formula is C20H20N4O2S. The predicted octanol–water partition coefficient (Wildman–Crippen LogP) is 3.38. The van der Waals surface area contributed by atoms with E-state index in [9.17, 15) is 9.59 Å². The second kappa shape index (κ2) is 9.05. The zero-order valence-electron chi connectivity index (χ0n) is 15.0. The highest BCUT2D eigenvalue weighted by atomic mass is 32.1. The molecule has 1 N–H and O–H groups in total. The molecule has 2 heterocycles. The van der Waals surface area contributed by atoms with Crippen molar-refractivity contribution in [1.82, 2.24) is 14.9 Å². The third-order valence-corrected chi connectivity index (χ3v) is 4.66. The first-order valence-electron chi connectivity index (χ1n) is 8.57. The zero-order chi connectivity index (χ0) is 19.1. The third kappa shape index (κ3) is 5.46. The molecule has 0 aliphatic carbocycles. The fraction of sp³-hybridized carbons (Fsp3) is 0.200. The summed E-state index contributed by atoms with van der Waals surface area (Å²) in [5.74, 6) is -0.373. The van der Waals surface area contributed by atoms with Crippen molar-refractivity contribution >= 4 is 28.3 Å². The largest absolute Gasteiger partial charge is 0.333 e. The van der Waals surface area contributed by atoms with Crippen molar-refractivity contribution in [2.45, 2.75) is 19.9 Å². The molecule has 1 aromatic carbocycles. The van der Waals surface area contributed by atoms with Crippen LogP contribution in [0.5, 0.6) is 0 Å². The van der Waals surface area contributed by atoms with Crippen LogP contribution in [-0.2, 0) is 17.8 Å². The van der Waals surface area contributed by atoms with Gasteiger partial charge in [-0.15, -0.1) is 11.3 Å². The van der Waals surface area contributed by atoms with Gasteiger partial charge in [-0.25, -0.2) is 4.98 Å². The molecule has 138 valence electrons. The number of anilines is 1. The second-order valence-electron chi connectivity index (χ2n) is 6.04. The van der Waals surface area contributed by atoms with Crippen molar-refractivity contribution in [2.75, 3.05) is 11.9 Å². The fourth-order valence-electron chi connectivity index (χ4n) is 2.62. The minimum atomic E-state index is -0.209. The van der Waals surface area contributed by atoms with Crippen LogP contribution in [0.1, 0.15) is 28.5 Å². The van der Waals surface area contributed by atoms with E-state index in [-0.39, 0.29) is 11.8 Å². The normalized spacial score (nSPS) is 10.4. The quantitative estimate of drug-likeness (QED) is 0.682. The molecule has 3 rings (SSSR count). The summed E-state index contributed by atoms with van der Waals surface area (Å²) in [5.41, 5.74) is 2.45. The predicted molar refractivity (Wildman–Crippen MR) is 106 cm³/mol. The van der Waals surface area contributed by atoms with Crippen LogP contribution in [0.3, 0.4) is 0 Å². The Balaban J connectivity index is 1.76. The van der Waals surface area contributed by atoms with Crippen molar-refractivity contribution in [3.63, 3.8) is 0 Å². The molecule has 3 aromatic rings. The maximum Gasteiger partial charge on any atom is 0.273 e. The molecule has 6 nitrogen and oxygen atoms in total. The topological polar surface area (TPSA) is 75.2 Å². The van der Waals surface area contributed by atoms with E-state index in [4.69, 9.17) is 0 Å². The first-order valence-corrected chi connectivity index (χ1v) is 9.45. The minimum absolute atomic E-state index is 0.164. The van der Waals surface area contributed by atoms with Crippen LogP contribution in [0.4, 0.5) is 5.13 Å². The molecule has 2 amide bonds. The molecular weight excluding hydrogens is 360 g/mol. The summed E-state index contributed by atoms with van der Waals surface area (Å²) in [6.45, 7) is 2.43. The Bertz CT molecular complexity index is 897. The lowest BCUT2D eigenvalue weighted by atomic mass is 10.1. The van der Waals surface area contributed by atoms with E-state index in [1.807, 2.05) is 42.5 Å². The number of hydrogen-bond acceptors (Lipinski definition) is 5. The average molecular weight is 380 g/mol. The Morgan fingerprint density at radius 3 is 2.59 bits per heavy atom. The summed E-state index contributed by atoms with van der Waals surface area (Å²) in [7, 11) is 0. The summed E-state index contributed by atoms with van der Waals surface area (Å²) in [6, 6.07) is 13.8. The summed E-state index contributed by atoms with van der Waals surface area (Å²) in [4.78, 5) is 34.3. The van der Waals surface area contributed by atoms with E-state index >= 15 is 0 Å². The Hall–Kier alpha value is -3.06. The van der Waals surface area contributed by atoms with Gasteiger partial charge in [-0.3, -0.25) is 14.6 Å². The molecule has 7 heteroatoms. The van der Waals surface area contributed by atoms with Crippen LogP contribution in [0.15, 0.2) is 60.2 Å². The van der Waals surface area contributed by atoms with Gasteiger partial charge in [-0.05, 0) is 23.6 Å². The number of benzene rings is 1. The molecule has 0 fully saturated rings. The van der Waals surface area contributed by atoms with Crippen LogP contribution >= 0.6 is 11.3 Å². The number of pyridine rings is 1. The highest BCUT2D eigenvalue weighted by Crippen LogP contribution is 2.18. The van der Waals surface area contributed by atoms with Crippen molar-refractivity contribution in [1.29, 1.82) is 0 Å². The lowest BCUT2D eigenvalue weighted by Gasteiger charge is -2.22. The van der Waals surface area contributed by atoms with E-state index < -0.39 is 0 Å². The summed E-state index contributed by atoms with van der Waals surface area (Å²) >= 11 is 1.24. The maximum absolute atomic E-state index is 13.0. The van der Waals surface area contributed by atoms with Crippen LogP contribution in [0.2, 0.25) is 0 Å². The van der Waals surface area contributed by atoms with Gasteiger partial charge in [0.1, 0.15) is 5.69 Å². The van der Waals surface area contributed by atoms with Gasteiger partial charge in [0.05, 0.1) is 0 Å². The van der Waals surface area contributed by atoms with E-state index in [0.717, 1.165) is 12.0 Å². The van der Waals surface area contributed by atoms with Crippen LogP contribution in [-0.4, -0.2) is 33.2 Å². The second-order valence-corrected chi connectivity index (χ2v) is 6.90. The van der Waals surface area contributed by atoms with E-state index in [1.165, 1.54) is 23.8 Å². The number of nitrogens with zero attached hydrogens (tertiary/aromatic N) is 3. The molecule has 0 spiro atoms. The Morgan fingerprint density at radius 1 is 1.11 bits per heavy atom. The van der Waals surface area contributed by atoms with Crippen molar-refractivity contribution in [3.8, 4) is 0 Å². The van der Waals surface area contributed by atoms with Crippen LogP contribution < -0.4 is 5.32 Å². The minimum Gasteiger partial charge on any atom is -0.333 e. The average Bonchev–Trinajstić information content (AvgIpc) is 3.14. The van der Waals surface area contributed by atoms with Crippen LogP contribution in [0.25, 0.3) is 0 Å². The molecule has 0 atom stereocenters. The van der Waals surface area contributed by atoms with E-state index in [1.54, 1.807) is 22.7 Å². The highest BCUT2D eigenvalue weighted by molar-refractivity contribution is 7.14. The van der Waals surface area contributed by atoms with Crippen molar-refractivity contribution in [3.05, 3.63) is 77.1 Å². The van der Waals surface area contributed by atoms with Crippen molar-refractivity contribution < 1.29 is 9.59 Å². The van der Waals surface area contributed by atoms with E-state index in [2.05, 4.69) is 15.3 Å². The zero-order valence-corrected chi connectivity index (χ0v) is 15.8. The molecule has 0 bridgehead atoms.